The van der Waals surface area contributed by atoms with Gasteiger partial charge < -0.3 is 18.9 Å². The highest BCUT2D eigenvalue weighted by Gasteiger charge is 2.40. The van der Waals surface area contributed by atoms with E-state index in [1.165, 1.54) is 72.3 Å². The van der Waals surface area contributed by atoms with E-state index in [-0.39, 0.29) is 30.2 Å². The van der Waals surface area contributed by atoms with Crippen LogP contribution in [0, 0.1) is 12.7 Å². The lowest BCUT2D eigenvalue weighted by Crippen LogP contribution is -2.54. The van der Waals surface area contributed by atoms with E-state index in [1.807, 2.05) is 0 Å². The minimum Gasteiger partial charge on any atom is -0.496 e. The normalized spacial score (nSPS) is 20.5. The first-order valence-corrected chi connectivity index (χ1v) is 16.5. The molecule has 3 atom stereocenters. The van der Waals surface area contributed by atoms with Crippen molar-refractivity contribution in [1.82, 2.24) is 24.1 Å². The number of nitrogens with zero attached hydrogens (tertiary/aromatic N) is 5. The third-order valence-electron chi connectivity index (χ3n) is 8.74. The van der Waals surface area contributed by atoms with Crippen LogP contribution in [0.2, 0.25) is 0 Å². The summed E-state index contributed by atoms with van der Waals surface area (Å²) < 4.78 is 41.3. The first-order chi connectivity index (χ1) is 22.2. The lowest BCUT2D eigenvalue weighted by atomic mass is 10.0. The summed E-state index contributed by atoms with van der Waals surface area (Å²) in [6.45, 7) is 9.76. The number of methoxy groups -OCH3 is 1. The predicted molar refractivity (Wildman–Crippen MR) is 173 cm³/mol. The Labute approximate surface area is 275 Å². The van der Waals surface area contributed by atoms with Crippen LogP contribution in [0.3, 0.4) is 0 Å². The summed E-state index contributed by atoms with van der Waals surface area (Å²) in [5.41, 5.74) is -2.99. The van der Waals surface area contributed by atoms with Gasteiger partial charge in [-0.15, -0.1) is 4.80 Å². The third-order valence-corrected chi connectivity index (χ3v) is 10.0. The Balaban J connectivity index is 1.56. The molecule has 0 N–H and O–H groups in total. The van der Waals surface area contributed by atoms with Crippen LogP contribution < -0.4 is 16.0 Å². The molecule has 3 aromatic heterocycles. The van der Waals surface area contributed by atoms with Gasteiger partial charge >= 0.3 is 11.7 Å². The predicted octanol–water partition coefficient (Wildman–Crippen LogP) is 4.81. The van der Waals surface area contributed by atoms with Gasteiger partial charge in [-0.2, -0.15) is 10.2 Å². The number of thiophene rings is 1. The van der Waals surface area contributed by atoms with Crippen molar-refractivity contribution in [1.29, 1.82) is 0 Å². The van der Waals surface area contributed by atoms with Gasteiger partial charge in [0.15, 0.2) is 0 Å². The number of halogens is 1. The molecule has 2 saturated heterocycles. The topological polar surface area (TPSA) is 129 Å². The maximum atomic E-state index is 14.8. The molecule has 2 fully saturated rings. The highest BCUT2D eigenvalue weighted by Crippen LogP contribution is 2.39. The number of rotatable bonds is 9. The monoisotopic (exact) mass is 669 g/mol. The van der Waals surface area contributed by atoms with Crippen LogP contribution in [-0.4, -0.2) is 61.1 Å². The van der Waals surface area contributed by atoms with Gasteiger partial charge in [0.25, 0.3) is 5.56 Å². The van der Waals surface area contributed by atoms with Gasteiger partial charge in [-0.25, -0.2) is 18.5 Å². The van der Waals surface area contributed by atoms with Gasteiger partial charge in [0.05, 0.1) is 49.7 Å². The summed E-state index contributed by atoms with van der Waals surface area (Å²) in [7, 11) is 1.49. The molecule has 4 aromatic rings. The van der Waals surface area contributed by atoms with Crippen LogP contribution in [0.25, 0.3) is 15.2 Å². The fraction of sp³-hybridized carbons (Fsp3) is 0.545. The number of ether oxygens (including phenoxy) is 4. The Morgan fingerprint density at radius 3 is 2.38 bits per heavy atom. The summed E-state index contributed by atoms with van der Waals surface area (Å²) in [5.74, 6) is -0.842. The molecule has 0 unspecified atom stereocenters. The van der Waals surface area contributed by atoms with Crippen molar-refractivity contribution in [2.75, 3.05) is 7.11 Å². The average molecular weight is 670 g/mol. The quantitative estimate of drug-likeness (QED) is 0.231. The first kappa shape index (κ1) is 33.0. The number of carbonyl (C=O) groups is 1. The van der Waals surface area contributed by atoms with E-state index in [9.17, 15) is 18.8 Å². The Kier molecular flexibility index (Phi) is 8.64. The third kappa shape index (κ3) is 6.25. The maximum absolute atomic E-state index is 14.8. The summed E-state index contributed by atoms with van der Waals surface area (Å²) in [5, 5.41) is 9.27. The number of carbonyl (C=O) groups excluding carboxylic acids is 1. The standard InChI is InChI=1S/C33H40FN5O7S/c1-18-26-27(40)38(33(5,6)30(41)46-32(2,3)4)31(42)37(29(26)47-28(18)39-35-12-13-36-39)17-25(23-14-19(34)8-11-24(23)43-7)45-22-15-20-9-10-21(16-22)44-20/h8,11-14,20-22,25H,9-10,15-17H2,1-7H3/t20-,21-,25+/m1/s1. The smallest absolute Gasteiger partial charge is 0.333 e. The van der Waals surface area contributed by atoms with Crippen molar-refractivity contribution in [2.45, 2.75) is 109 Å². The van der Waals surface area contributed by atoms with Crippen molar-refractivity contribution in [3.8, 4) is 10.8 Å². The van der Waals surface area contributed by atoms with Crippen LogP contribution in [-0.2, 0) is 31.1 Å². The molecule has 0 spiro atoms. The minimum atomic E-state index is -1.69. The number of fused-ring (bicyclic) bond motifs is 3. The molecule has 5 heterocycles. The summed E-state index contributed by atoms with van der Waals surface area (Å²) in [6.07, 6.45) is 5.30. The fourth-order valence-corrected chi connectivity index (χ4v) is 7.70. The number of aryl methyl sites for hydroxylation is 1. The first-order valence-electron chi connectivity index (χ1n) is 15.7. The average Bonchev–Trinajstić information content (AvgIpc) is 3.72. The van der Waals surface area contributed by atoms with E-state index in [1.54, 1.807) is 27.7 Å². The molecule has 2 aliphatic heterocycles. The van der Waals surface area contributed by atoms with E-state index in [0.717, 1.165) is 17.4 Å². The molecule has 2 aliphatic rings. The lowest BCUT2D eigenvalue weighted by Gasteiger charge is -2.33. The second-order valence-electron chi connectivity index (χ2n) is 13.7. The molecule has 14 heteroatoms. The Morgan fingerprint density at radius 1 is 1.11 bits per heavy atom. The molecular weight excluding hydrogens is 629 g/mol. The van der Waals surface area contributed by atoms with Gasteiger partial charge in [-0.1, -0.05) is 11.3 Å². The Hall–Kier alpha value is -3.88. The largest absolute Gasteiger partial charge is 0.496 e. The molecule has 2 bridgehead atoms. The van der Waals surface area contributed by atoms with Crippen LogP contribution in [0.5, 0.6) is 5.75 Å². The van der Waals surface area contributed by atoms with E-state index < -0.39 is 40.3 Å². The zero-order valence-corrected chi connectivity index (χ0v) is 28.4. The lowest BCUT2D eigenvalue weighted by molar-refractivity contribution is -0.164. The molecular formula is C33H40FN5O7S. The second kappa shape index (κ2) is 12.3. The van der Waals surface area contributed by atoms with Crippen molar-refractivity contribution < 1.29 is 28.1 Å². The summed E-state index contributed by atoms with van der Waals surface area (Å²) in [4.78, 5) is 44.2. The van der Waals surface area contributed by atoms with E-state index >= 15 is 0 Å². The van der Waals surface area contributed by atoms with Gasteiger partial charge in [0, 0.05) is 11.1 Å². The molecule has 12 nitrogen and oxygen atoms in total. The van der Waals surface area contributed by atoms with Crippen molar-refractivity contribution in [3.05, 3.63) is 68.4 Å². The fourth-order valence-electron chi connectivity index (χ4n) is 6.48. The van der Waals surface area contributed by atoms with E-state index in [0.29, 0.717) is 39.5 Å². The molecule has 6 rings (SSSR count). The number of esters is 1. The van der Waals surface area contributed by atoms with Crippen molar-refractivity contribution >= 4 is 27.5 Å². The van der Waals surface area contributed by atoms with E-state index in [2.05, 4.69) is 10.2 Å². The summed E-state index contributed by atoms with van der Waals surface area (Å²) in [6, 6.07) is 4.17. The Morgan fingerprint density at radius 2 is 1.77 bits per heavy atom. The van der Waals surface area contributed by atoms with Gasteiger partial charge in [-0.3, -0.25) is 9.36 Å². The SMILES string of the molecule is COc1ccc(F)cc1[C@H](Cn1c(=O)n(C(C)(C)C(=O)OC(C)(C)C)c(=O)c2c(C)c(-n3nccn3)sc21)OC1C[C@H]2CC[C@H](C1)O2. The number of hydrogen-bond donors (Lipinski definition) is 0. The number of aromatic nitrogens is 5. The highest BCUT2D eigenvalue weighted by atomic mass is 32.1. The Bertz CT molecular complexity index is 1910. The van der Waals surface area contributed by atoms with Gasteiger partial charge in [-0.05, 0) is 85.4 Å². The maximum Gasteiger partial charge on any atom is 0.333 e. The molecule has 0 saturated carbocycles. The van der Waals surface area contributed by atoms with Crippen molar-refractivity contribution in [2.24, 2.45) is 0 Å². The minimum absolute atomic E-state index is 0.0730. The highest BCUT2D eigenvalue weighted by molar-refractivity contribution is 7.21. The zero-order chi connectivity index (χ0) is 33.8. The van der Waals surface area contributed by atoms with Crippen LogP contribution >= 0.6 is 11.3 Å². The van der Waals surface area contributed by atoms with Crippen molar-refractivity contribution in [3.63, 3.8) is 0 Å². The zero-order valence-electron chi connectivity index (χ0n) is 27.6. The molecule has 47 heavy (non-hydrogen) atoms. The van der Waals surface area contributed by atoms with E-state index in [4.69, 9.17) is 18.9 Å². The van der Waals surface area contributed by atoms with Crippen LogP contribution in [0.4, 0.5) is 4.39 Å². The molecule has 0 aliphatic carbocycles. The van der Waals surface area contributed by atoms with Crippen LogP contribution in [0.15, 0.2) is 40.2 Å². The summed E-state index contributed by atoms with van der Waals surface area (Å²) >= 11 is 1.17. The number of benzene rings is 1. The molecule has 1 aromatic carbocycles. The molecule has 252 valence electrons. The number of hydrogen-bond acceptors (Lipinski definition) is 10. The van der Waals surface area contributed by atoms with Gasteiger partial charge in [0.1, 0.15) is 38.6 Å². The molecule has 0 amide bonds. The molecule has 0 radical (unpaired) electrons. The van der Waals surface area contributed by atoms with Crippen LogP contribution in [0.1, 0.15) is 77.5 Å². The second-order valence-corrected chi connectivity index (χ2v) is 14.7. The van der Waals surface area contributed by atoms with Gasteiger partial charge in [0.2, 0.25) is 0 Å².